The van der Waals surface area contributed by atoms with E-state index in [-0.39, 0.29) is 6.03 Å². The number of nitrogens with one attached hydrogen (secondary N) is 2. The Morgan fingerprint density at radius 1 is 1.07 bits per heavy atom. The molecule has 5 nitrogen and oxygen atoms in total. The maximum absolute atomic E-state index is 12.0. The van der Waals surface area contributed by atoms with Gasteiger partial charge in [-0.1, -0.05) is 19.3 Å². The van der Waals surface area contributed by atoms with Gasteiger partial charge >= 0.3 is 6.03 Å². The summed E-state index contributed by atoms with van der Waals surface area (Å²) in [6.45, 7) is 6.56. The van der Waals surface area contributed by atoms with Crippen LogP contribution in [0, 0.1) is 0 Å². The minimum absolute atomic E-state index is 0.117. The van der Waals surface area contributed by atoms with Crippen LogP contribution in [0.5, 0.6) is 0 Å². The van der Waals surface area contributed by atoms with Crippen LogP contribution in [0.1, 0.15) is 38.5 Å². The van der Waals surface area contributed by atoms with Crippen molar-refractivity contribution in [2.75, 3.05) is 50.8 Å². The predicted molar refractivity (Wildman–Crippen MR) is 115 cm³/mol. The number of urea groups is 1. The first-order chi connectivity index (χ1) is 13.2. The van der Waals surface area contributed by atoms with Gasteiger partial charge in [-0.05, 0) is 56.3 Å². The Balaban J connectivity index is 1.26. The number of thioether (sulfide) groups is 1. The van der Waals surface area contributed by atoms with E-state index in [9.17, 15) is 4.79 Å². The zero-order chi connectivity index (χ0) is 18.9. The Bertz CT molecular complexity index is 566. The Labute approximate surface area is 168 Å². The van der Waals surface area contributed by atoms with E-state index in [4.69, 9.17) is 0 Å². The van der Waals surface area contributed by atoms with E-state index in [1.165, 1.54) is 63.2 Å². The first kappa shape index (κ1) is 20.5. The van der Waals surface area contributed by atoms with Gasteiger partial charge in [0.25, 0.3) is 0 Å². The summed E-state index contributed by atoms with van der Waals surface area (Å²) < 4.78 is 0. The van der Waals surface area contributed by atoms with Crippen LogP contribution < -0.4 is 10.6 Å². The van der Waals surface area contributed by atoms with Crippen molar-refractivity contribution in [1.29, 1.82) is 0 Å². The third-order valence-electron chi connectivity index (χ3n) is 5.78. The molecule has 0 bridgehead atoms. The average molecular weight is 391 g/mol. The molecule has 1 heterocycles. The average Bonchev–Trinajstić information content (AvgIpc) is 2.73. The first-order valence-corrected chi connectivity index (χ1v) is 11.6. The Hall–Kier alpha value is -1.24. The number of carbonyl (C=O) groups excluding carboxylic acids is 1. The molecule has 1 aromatic rings. The molecule has 2 N–H and O–H groups in total. The second kappa shape index (κ2) is 10.9. The molecule has 0 spiro atoms. The lowest BCUT2D eigenvalue weighted by molar-refractivity contribution is 0.0786. The summed E-state index contributed by atoms with van der Waals surface area (Å²) in [6, 6.07) is 8.65. The quantitative estimate of drug-likeness (QED) is 0.548. The molecule has 27 heavy (non-hydrogen) atoms. The predicted octanol–water partition coefficient (Wildman–Crippen LogP) is 3.87. The van der Waals surface area contributed by atoms with E-state index in [0.717, 1.165) is 31.2 Å². The maximum Gasteiger partial charge on any atom is 0.319 e. The Morgan fingerprint density at radius 2 is 1.78 bits per heavy atom. The molecular formula is C21H34N4OS. The number of hydrogen-bond acceptors (Lipinski definition) is 4. The van der Waals surface area contributed by atoms with Crippen molar-refractivity contribution < 1.29 is 4.79 Å². The van der Waals surface area contributed by atoms with Crippen LogP contribution in [0.25, 0.3) is 0 Å². The zero-order valence-corrected chi connectivity index (χ0v) is 17.4. The molecule has 150 valence electrons. The molecule has 0 aromatic heterocycles. The molecule has 1 saturated carbocycles. The van der Waals surface area contributed by atoms with Gasteiger partial charge in [-0.2, -0.15) is 0 Å². The van der Waals surface area contributed by atoms with Gasteiger partial charge in [0.2, 0.25) is 0 Å². The fourth-order valence-corrected chi connectivity index (χ4v) is 4.56. The van der Waals surface area contributed by atoms with Crippen molar-refractivity contribution in [2.45, 2.75) is 49.5 Å². The van der Waals surface area contributed by atoms with Gasteiger partial charge < -0.3 is 15.5 Å². The fourth-order valence-electron chi connectivity index (χ4n) is 4.15. The van der Waals surface area contributed by atoms with E-state index in [1.807, 2.05) is 30.5 Å². The lowest BCUT2D eigenvalue weighted by Crippen LogP contribution is -2.51. The van der Waals surface area contributed by atoms with Crippen LogP contribution in [0.4, 0.5) is 10.5 Å². The van der Waals surface area contributed by atoms with E-state index in [2.05, 4.69) is 20.4 Å². The maximum atomic E-state index is 12.0. The summed E-state index contributed by atoms with van der Waals surface area (Å²) in [5.74, 6) is 0. The third-order valence-corrected chi connectivity index (χ3v) is 6.53. The van der Waals surface area contributed by atoms with Gasteiger partial charge in [0.05, 0.1) is 0 Å². The number of carbonyl (C=O) groups is 1. The molecule has 1 saturated heterocycles. The summed E-state index contributed by atoms with van der Waals surface area (Å²) in [7, 11) is 0. The van der Waals surface area contributed by atoms with Crippen LogP contribution in [0.2, 0.25) is 0 Å². The molecule has 1 aliphatic carbocycles. The largest absolute Gasteiger partial charge is 0.338 e. The van der Waals surface area contributed by atoms with Gasteiger partial charge in [0.15, 0.2) is 0 Å². The van der Waals surface area contributed by atoms with Gasteiger partial charge in [-0.15, -0.1) is 11.8 Å². The second-order valence-corrected chi connectivity index (χ2v) is 8.51. The number of anilines is 1. The highest BCUT2D eigenvalue weighted by molar-refractivity contribution is 7.98. The van der Waals surface area contributed by atoms with Crippen LogP contribution in [-0.2, 0) is 0 Å². The smallest absolute Gasteiger partial charge is 0.319 e. The molecular weight excluding hydrogens is 356 g/mol. The number of nitrogens with zero attached hydrogens (tertiary/aromatic N) is 2. The van der Waals surface area contributed by atoms with Gasteiger partial charge in [-0.3, -0.25) is 4.90 Å². The molecule has 0 atom stereocenters. The van der Waals surface area contributed by atoms with Crippen molar-refractivity contribution in [3.05, 3.63) is 24.3 Å². The molecule has 2 aliphatic rings. The summed E-state index contributed by atoms with van der Waals surface area (Å²) in [5.41, 5.74) is 0.837. The van der Waals surface area contributed by atoms with E-state index in [0.29, 0.717) is 0 Å². The number of hydrogen-bond donors (Lipinski definition) is 2. The summed E-state index contributed by atoms with van der Waals surface area (Å²) in [5, 5.41) is 5.86. The molecule has 1 aromatic carbocycles. The zero-order valence-electron chi connectivity index (χ0n) is 16.6. The number of benzene rings is 1. The Kier molecular flexibility index (Phi) is 8.30. The Morgan fingerprint density at radius 3 is 2.44 bits per heavy atom. The van der Waals surface area contributed by atoms with Gasteiger partial charge in [0.1, 0.15) is 0 Å². The summed E-state index contributed by atoms with van der Waals surface area (Å²) in [6.07, 6.45) is 10.1. The molecule has 1 aliphatic heterocycles. The first-order valence-electron chi connectivity index (χ1n) is 10.4. The second-order valence-electron chi connectivity index (χ2n) is 7.63. The summed E-state index contributed by atoms with van der Waals surface area (Å²) in [4.78, 5) is 18.4. The standard InChI is InChI=1S/C21H34N4OS/c1-27-20-10-8-18(9-11-20)23-21(26)22-12-5-13-24-14-16-25(17-15-24)19-6-3-2-4-7-19/h8-11,19H,2-7,12-17H2,1H3,(H2,22,23,26). The monoisotopic (exact) mass is 390 g/mol. The van der Waals surface area contributed by atoms with Crippen molar-refractivity contribution >= 4 is 23.5 Å². The number of piperazine rings is 1. The fraction of sp³-hybridized carbons (Fsp3) is 0.667. The molecule has 3 rings (SSSR count). The third kappa shape index (κ3) is 6.70. The molecule has 2 fully saturated rings. The minimum Gasteiger partial charge on any atom is -0.338 e. The van der Waals surface area contributed by atoms with Crippen molar-refractivity contribution in [3.63, 3.8) is 0 Å². The highest BCUT2D eigenvalue weighted by atomic mass is 32.2. The molecule has 2 amide bonds. The van der Waals surface area contributed by atoms with Gasteiger partial charge in [0, 0.05) is 49.3 Å². The highest BCUT2D eigenvalue weighted by Gasteiger charge is 2.24. The normalized spacial score (nSPS) is 19.7. The highest BCUT2D eigenvalue weighted by Crippen LogP contribution is 2.23. The minimum atomic E-state index is -0.117. The SMILES string of the molecule is CSc1ccc(NC(=O)NCCCN2CCN(C3CCCCC3)CC2)cc1. The topological polar surface area (TPSA) is 47.6 Å². The lowest BCUT2D eigenvalue weighted by atomic mass is 9.94. The van der Waals surface area contributed by atoms with Crippen LogP contribution in [-0.4, -0.2) is 67.4 Å². The van der Waals surface area contributed by atoms with Crippen molar-refractivity contribution in [1.82, 2.24) is 15.1 Å². The van der Waals surface area contributed by atoms with E-state index in [1.54, 1.807) is 11.8 Å². The lowest BCUT2D eigenvalue weighted by Gasteiger charge is -2.40. The molecule has 6 heteroatoms. The molecule has 0 unspecified atom stereocenters. The van der Waals surface area contributed by atoms with Crippen molar-refractivity contribution in [2.24, 2.45) is 0 Å². The molecule has 0 radical (unpaired) electrons. The van der Waals surface area contributed by atoms with Crippen molar-refractivity contribution in [3.8, 4) is 0 Å². The summed E-state index contributed by atoms with van der Waals surface area (Å²) >= 11 is 1.70. The number of rotatable bonds is 7. The van der Waals surface area contributed by atoms with Crippen LogP contribution in [0.3, 0.4) is 0 Å². The van der Waals surface area contributed by atoms with E-state index >= 15 is 0 Å². The van der Waals surface area contributed by atoms with Crippen LogP contribution in [0.15, 0.2) is 29.2 Å². The van der Waals surface area contributed by atoms with Gasteiger partial charge in [-0.25, -0.2) is 4.79 Å². The number of amides is 2. The van der Waals surface area contributed by atoms with Crippen LogP contribution >= 0.6 is 11.8 Å². The van der Waals surface area contributed by atoms with E-state index < -0.39 is 0 Å².